The highest BCUT2D eigenvalue weighted by atomic mass is 32.2. The Hall–Kier alpha value is -2.96. The summed E-state index contributed by atoms with van der Waals surface area (Å²) < 4.78 is 32.9. The van der Waals surface area contributed by atoms with Crippen molar-refractivity contribution in [2.24, 2.45) is 0 Å². The molecule has 12 heteroatoms. The van der Waals surface area contributed by atoms with Crippen LogP contribution in [0.2, 0.25) is 0 Å². The van der Waals surface area contributed by atoms with Crippen LogP contribution in [0.15, 0.2) is 29.2 Å². The van der Waals surface area contributed by atoms with Crippen LogP contribution in [0.5, 0.6) is 0 Å². The third-order valence-corrected chi connectivity index (χ3v) is 10.0. The normalized spacial score (nSPS) is 18.1. The number of sulfonamides is 1. The lowest BCUT2D eigenvalue weighted by atomic mass is 10.0. The van der Waals surface area contributed by atoms with E-state index < -0.39 is 22.0 Å². The molecular weight excluding hydrogens is 516 g/mol. The Morgan fingerprint density at radius 2 is 1.84 bits per heavy atom. The maximum Gasteiger partial charge on any atom is 0.409 e. The van der Waals surface area contributed by atoms with E-state index in [1.54, 1.807) is 9.21 Å². The zero-order chi connectivity index (χ0) is 26.7. The van der Waals surface area contributed by atoms with Crippen LogP contribution in [-0.2, 0) is 27.7 Å². The van der Waals surface area contributed by atoms with Crippen molar-refractivity contribution in [1.82, 2.24) is 14.5 Å². The van der Waals surface area contributed by atoms with Gasteiger partial charge in [0.1, 0.15) is 5.00 Å². The number of carbonyl (C=O) groups is 3. The van der Waals surface area contributed by atoms with Crippen molar-refractivity contribution in [3.8, 4) is 0 Å². The lowest BCUT2D eigenvalue weighted by molar-refractivity contribution is 0.0962. The number of benzene rings is 1. The van der Waals surface area contributed by atoms with E-state index in [0.717, 1.165) is 36.1 Å². The third kappa shape index (κ3) is 5.36. The Labute approximate surface area is 221 Å². The minimum absolute atomic E-state index is 0.00942. The van der Waals surface area contributed by atoms with Crippen molar-refractivity contribution >= 4 is 44.3 Å². The van der Waals surface area contributed by atoms with Gasteiger partial charge < -0.3 is 20.3 Å². The highest BCUT2D eigenvalue weighted by molar-refractivity contribution is 7.89. The van der Waals surface area contributed by atoms with Crippen molar-refractivity contribution in [3.05, 3.63) is 45.8 Å². The van der Waals surface area contributed by atoms with E-state index in [0.29, 0.717) is 30.1 Å². The summed E-state index contributed by atoms with van der Waals surface area (Å²) in [5, 5.41) is 5.82. The van der Waals surface area contributed by atoms with E-state index in [4.69, 9.17) is 4.74 Å². The summed E-state index contributed by atoms with van der Waals surface area (Å²) in [6.07, 6.45) is 3.49. The number of amides is 3. The van der Waals surface area contributed by atoms with Gasteiger partial charge in [-0.3, -0.25) is 9.59 Å². The molecule has 1 aromatic carbocycles. The van der Waals surface area contributed by atoms with Gasteiger partial charge in [0.15, 0.2) is 0 Å². The summed E-state index contributed by atoms with van der Waals surface area (Å²) in [7, 11) is -0.816. The lowest BCUT2D eigenvalue weighted by Gasteiger charge is -2.34. The molecule has 10 nitrogen and oxygen atoms in total. The summed E-state index contributed by atoms with van der Waals surface area (Å²) in [5.41, 5.74) is 1.46. The molecule has 2 aliphatic rings. The number of carbonyl (C=O) groups excluding carboxylic acids is 3. The molecule has 1 saturated heterocycles. The van der Waals surface area contributed by atoms with Gasteiger partial charge in [0.05, 0.1) is 24.1 Å². The second-order valence-electron chi connectivity index (χ2n) is 9.08. The molecule has 4 rings (SSSR count). The monoisotopic (exact) mass is 548 g/mol. The van der Waals surface area contributed by atoms with Gasteiger partial charge in [-0.25, -0.2) is 13.2 Å². The number of thiophene rings is 1. The van der Waals surface area contributed by atoms with Gasteiger partial charge in [-0.15, -0.1) is 11.3 Å². The molecule has 0 aliphatic carbocycles. The molecule has 1 atom stereocenters. The van der Waals surface area contributed by atoms with Crippen LogP contribution in [0.1, 0.15) is 63.8 Å². The number of rotatable bonds is 6. The predicted molar refractivity (Wildman–Crippen MR) is 140 cm³/mol. The van der Waals surface area contributed by atoms with Crippen LogP contribution in [0, 0.1) is 0 Å². The van der Waals surface area contributed by atoms with E-state index >= 15 is 0 Å². The molecule has 1 fully saturated rings. The predicted octanol–water partition coefficient (Wildman–Crippen LogP) is 3.44. The van der Waals surface area contributed by atoms with Gasteiger partial charge in [0, 0.05) is 36.6 Å². The molecule has 1 aromatic heterocycles. The Morgan fingerprint density at radius 1 is 1.11 bits per heavy atom. The molecule has 2 aromatic rings. The van der Waals surface area contributed by atoms with Crippen LogP contribution in [0.4, 0.5) is 9.80 Å². The largest absolute Gasteiger partial charge is 0.453 e. The first-order valence-electron chi connectivity index (χ1n) is 12.3. The molecule has 0 spiro atoms. The second kappa shape index (κ2) is 11.2. The van der Waals surface area contributed by atoms with Crippen LogP contribution in [-0.4, -0.2) is 68.8 Å². The summed E-state index contributed by atoms with van der Waals surface area (Å²) in [5.74, 6) is -0.783. The number of hydrogen-bond donors (Lipinski definition) is 2. The van der Waals surface area contributed by atoms with Gasteiger partial charge >= 0.3 is 6.09 Å². The molecule has 200 valence electrons. The average molecular weight is 549 g/mol. The van der Waals surface area contributed by atoms with E-state index in [2.05, 4.69) is 10.6 Å². The molecule has 37 heavy (non-hydrogen) atoms. The number of piperidine rings is 1. The van der Waals surface area contributed by atoms with Crippen LogP contribution in [0.25, 0.3) is 0 Å². The number of fused-ring (bicyclic) bond motifs is 1. The fraction of sp³-hybridized carbons (Fsp3) is 0.480. The van der Waals surface area contributed by atoms with Gasteiger partial charge in [-0.1, -0.05) is 13.3 Å². The molecular formula is C25H32N4O6S2. The van der Waals surface area contributed by atoms with E-state index in [1.807, 2.05) is 6.92 Å². The Balaban J connectivity index is 1.55. The van der Waals surface area contributed by atoms with Crippen molar-refractivity contribution in [3.63, 3.8) is 0 Å². The molecule has 3 heterocycles. The van der Waals surface area contributed by atoms with Crippen molar-refractivity contribution in [2.75, 3.05) is 32.6 Å². The SMILES string of the molecule is CCC1CCCCN1S(=O)(=O)c1ccc(C(=O)Nc2sc3c(c2C(=O)NC)CCN(C(=O)OC)C3)cc1. The zero-order valence-electron chi connectivity index (χ0n) is 21.2. The van der Waals surface area contributed by atoms with Crippen LogP contribution in [0.3, 0.4) is 0 Å². The molecule has 0 bridgehead atoms. The quantitative estimate of drug-likeness (QED) is 0.570. The lowest BCUT2D eigenvalue weighted by Crippen LogP contribution is -2.43. The summed E-state index contributed by atoms with van der Waals surface area (Å²) >= 11 is 1.24. The van der Waals surface area contributed by atoms with Gasteiger partial charge in [0.2, 0.25) is 10.0 Å². The number of nitrogens with one attached hydrogen (secondary N) is 2. The van der Waals surface area contributed by atoms with Gasteiger partial charge in [0.25, 0.3) is 11.8 Å². The van der Waals surface area contributed by atoms with Crippen LogP contribution < -0.4 is 10.6 Å². The number of anilines is 1. The van der Waals surface area contributed by atoms with E-state index in [9.17, 15) is 22.8 Å². The van der Waals surface area contributed by atoms with Gasteiger partial charge in [-0.05, 0) is 55.5 Å². The summed E-state index contributed by atoms with van der Waals surface area (Å²) in [6, 6.07) is 5.88. The minimum Gasteiger partial charge on any atom is -0.453 e. The van der Waals surface area contributed by atoms with E-state index in [-0.39, 0.29) is 29.0 Å². The first-order chi connectivity index (χ1) is 17.7. The van der Waals surface area contributed by atoms with Crippen molar-refractivity contribution < 1.29 is 27.5 Å². The van der Waals surface area contributed by atoms with Crippen molar-refractivity contribution in [1.29, 1.82) is 0 Å². The number of methoxy groups -OCH3 is 1. The molecule has 1 unspecified atom stereocenters. The Morgan fingerprint density at radius 3 is 2.49 bits per heavy atom. The topological polar surface area (TPSA) is 125 Å². The number of ether oxygens (including phenoxy) is 1. The second-order valence-corrected chi connectivity index (χ2v) is 12.1. The third-order valence-electron chi connectivity index (χ3n) is 6.94. The maximum atomic E-state index is 13.2. The standard InChI is InChI=1S/C25H32N4O6S2/c1-4-17-7-5-6-13-29(17)37(33,34)18-10-8-16(9-11-18)22(30)27-24-21(23(31)26-2)19-12-14-28(25(32)35-3)15-20(19)36-24/h8-11,17H,4-7,12-15H2,1-3H3,(H,26,31)(H,27,30). The zero-order valence-corrected chi connectivity index (χ0v) is 22.8. The van der Waals surface area contributed by atoms with Gasteiger partial charge in [-0.2, -0.15) is 4.31 Å². The minimum atomic E-state index is -3.65. The Bertz CT molecular complexity index is 1290. The van der Waals surface area contributed by atoms with Crippen LogP contribution >= 0.6 is 11.3 Å². The highest BCUT2D eigenvalue weighted by Gasteiger charge is 2.33. The molecule has 3 amide bonds. The first kappa shape index (κ1) is 27.1. The van der Waals surface area contributed by atoms with Crippen molar-refractivity contribution in [2.45, 2.75) is 56.5 Å². The average Bonchev–Trinajstić information content (AvgIpc) is 3.28. The number of hydrogen-bond acceptors (Lipinski definition) is 7. The first-order valence-corrected chi connectivity index (χ1v) is 14.6. The summed E-state index contributed by atoms with van der Waals surface area (Å²) in [6.45, 7) is 3.18. The number of nitrogens with zero attached hydrogens (tertiary/aromatic N) is 2. The molecule has 0 saturated carbocycles. The Kier molecular flexibility index (Phi) is 8.20. The fourth-order valence-corrected chi connectivity index (χ4v) is 7.95. The molecule has 0 radical (unpaired) electrons. The highest BCUT2D eigenvalue weighted by Crippen LogP contribution is 2.37. The molecule has 2 aliphatic heterocycles. The maximum absolute atomic E-state index is 13.2. The fourth-order valence-electron chi connectivity index (χ4n) is 4.93. The summed E-state index contributed by atoms with van der Waals surface area (Å²) in [4.78, 5) is 40.2. The van der Waals surface area contributed by atoms with E-state index in [1.165, 1.54) is 49.8 Å². The smallest absolute Gasteiger partial charge is 0.409 e. The molecule has 2 N–H and O–H groups in total.